The normalized spacial score (nSPS) is 14.3. The van der Waals surface area contributed by atoms with Gasteiger partial charge in [-0.3, -0.25) is 9.48 Å². The molecule has 8 nitrogen and oxygen atoms in total. The zero-order valence-electron chi connectivity index (χ0n) is 14.9. The van der Waals surface area contributed by atoms with E-state index in [1.807, 2.05) is 18.2 Å². The smallest absolute Gasteiger partial charge is 0.409 e. The summed E-state index contributed by atoms with van der Waals surface area (Å²) >= 11 is 0. The molecule has 1 aromatic carbocycles. The topological polar surface area (TPSA) is 80.6 Å². The summed E-state index contributed by atoms with van der Waals surface area (Å²) in [7, 11) is 0. The Kier molecular flexibility index (Phi) is 5.83. The van der Waals surface area contributed by atoms with E-state index in [2.05, 4.69) is 22.4 Å². The molecule has 1 aliphatic heterocycles. The van der Waals surface area contributed by atoms with Crippen molar-refractivity contribution in [2.45, 2.75) is 19.9 Å². The third-order valence-corrected chi connectivity index (χ3v) is 4.32. The molecule has 0 radical (unpaired) electrons. The summed E-state index contributed by atoms with van der Waals surface area (Å²) in [5.74, 6) is -0.153. The van der Waals surface area contributed by atoms with Crippen molar-refractivity contribution in [3.8, 4) is 0 Å². The first kappa shape index (κ1) is 17.9. The van der Waals surface area contributed by atoms with Crippen molar-refractivity contribution >= 4 is 12.0 Å². The maximum Gasteiger partial charge on any atom is 0.409 e. The Hall–Kier alpha value is -2.90. The number of carbonyl (C=O) groups is 2. The van der Waals surface area contributed by atoms with Crippen molar-refractivity contribution in [2.75, 3.05) is 32.8 Å². The van der Waals surface area contributed by atoms with Crippen LogP contribution in [0.1, 0.15) is 23.0 Å². The Labute approximate surface area is 152 Å². The molecule has 0 atom stereocenters. The zero-order valence-corrected chi connectivity index (χ0v) is 14.9. The molecule has 3 rings (SSSR count). The molecule has 2 heterocycles. The number of hydrogen-bond donors (Lipinski definition) is 0. The molecule has 8 heteroatoms. The van der Waals surface area contributed by atoms with Gasteiger partial charge in [0.05, 0.1) is 12.8 Å². The lowest BCUT2D eigenvalue weighted by Gasteiger charge is -2.33. The Morgan fingerprint density at radius 1 is 1.08 bits per heavy atom. The number of piperazine rings is 1. The Balaban J connectivity index is 1.51. The summed E-state index contributed by atoms with van der Waals surface area (Å²) in [6.45, 7) is 4.66. The Morgan fingerprint density at radius 2 is 1.77 bits per heavy atom. The number of benzene rings is 1. The highest BCUT2D eigenvalue weighted by Gasteiger charge is 2.26. The number of aryl methyl sites for hydroxylation is 2. The van der Waals surface area contributed by atoms with Gasteiger partial charge in [0.15, 0.2) is 5.69 Å². The first-order valence-electron chi connectivity index (χ1n) is 8.82. The highest BCUT2D eigenvalue weighted by atomic mass is 16.6. The van der Waals surface area contributed by atoms with Gasteiger partial charge in [0, 0.05) is 32.7 Å². The molecule has 1 saturated heterocycles. The summed E-state index contributed by atoms with van der Waals surface area (Å²) in [4.78, 5) is 27.6. The Morgan fingerprint density at radius 3 is 2.46 bits per heavy atom. The SMILES string of the molecule is CCOC(=O)N1CCN(C(=O)c2cn(CCc3ccccc3)nn2)CC1. The van der Waals surface area contributed by atoms with Crippen LogP contribution in [-0.4, -0.2) is 69.6 Å². The van der Waals surface area contributed by atoms with Crippen molar-refractivity contribution in [3.63, 3.8) is 0 Å². The first-order valence-corrected chi connectivity index (χ1v) is 8.82. The van der Waals surface area contributed by atoms with E-state index < -0.39 is 0 Å². The second kappa shape index (κ2) is 8.46. The maximum absolute atomic E-state index is 12.6. The summed E-state index contributed by atoms with van der Waals surface area (Å²) < 4.78 is 6.68. The van der Waals surface area contributed by atoms with E-state index >= 15 is 0 Å². The van der Waals surface area contributed by atoms with Crippen LogP contribution < -0.4 is 0 Å². The van der Waals surface area contributed by atoms with Crippen molar-refractivity contribution in [1.29, 1.82) is 0 Å². The lowest BCUT2D eigenvalue weighted by Crippen LogP contribution is -2.50. The largest absolute Gasteiger partial charge is 0.450 e. The maximum atomic E-state index is 12.6. The molecule has 2 amide bonds. The first-order chi connectivity index (χ1) is 12.7. The van der Waals surface area contributed by atoms with Gasteiger partial charge in [-0.25, -0.2) is 4.79 Å². The minimum Gasteiger partial charge on any atom is -0.450 e. The number of aromatic nitrogens is 3. The van der Waals surface area contributed by atoms with Crippen LogP contribution in [0.5, 0.6) is 0 Å². The van der Waals surface area contributed by atoms with E-state index in [0.717, 1.165) is 6.42 Å². The van der Waals surface area contributed by atoms with E-state index in [0.29, 0.717) is 45.0 Å². The van der Waals surface area contributed by atoms with E-state index in [1.165, 1.54) is 5.56 Å². The fourth-order valence-corrected chi connectivity index (χ4v) is 2.86. The molecule has 1 aromatic heterocycles. The van der Waals surface area contributed by atoms with Crippen molar-refractivity contribution < 1.29 is 14.3 Å². The lowest BCUT2D eigenvalue weighted by atomic mass is 10.1. The van der Waals surface area contributed by atoms with Gasteiger partial charge in [0.1, 0.15) is 0 Å². The van der Waals surface area contributed by atoms with Crippen LogP contribution in [0, 0.1) is 0 Å². The van der Waals surface area contributed by atoms with Crippen LogP contribution in [0.25, 0.3) is 0 Å². The number of hydrogen-bond acceptors (Lipinski definition) is 5. The van der Waals surface area contributed by atoms with Crippen molar-refractivity contribution in [3.05, 3.63) is 47.8 Å². The van der Waals surface area contributed by atoms with Crippen LogP contribution in [0.2, 0.25) is 0 Å². The van der Waals surface area contributed by atoms with Crippen LogP contribution in [0.4, 0.5) is 4.79 Å². The minimum atomic E-state index is -0.327. The van der Waals surface area contributed by atoms with E-state index in [4.69, 9.17) is 4.74 Å². The van der Waals surface area contributed by atoms with Gasteiger partial charge in [0.25, 0.3) is 5.91 Å². The molecule has 0 aliphatic carbocycles. The molecular formula is C18H23N5O3. The van der Waals surface area contributed by atoms with Gasteiger partial charge in [-0.15, -0.1) is 5.10 Å². The molecule has 2 aromatic rings. The minimum absolute atomic E-state index is 0.153. The van der Waals surface area contributed by atoms with Crippen molar-refractivity contribution in [2.24, 2.45) is 0 Å². The average molecular weight is 357 g/mol. The van der Waals surface area contributed by atoms with Crippen LogP contribution in [0.3, 0.4) is 0 Å². The number of amides is 2. The van der Waals surface area contributed by atoms with Crippen LogP contribution in [-0.2, 0) is 17.7 Å². The molecule has 26 heavy (non-hydrogen) atoms. The highest BCUT2D eigenvalue weighted by Crippen LogP contribution is 2.08. The third kappa shape index (κ3) is 4.38. The van der Waals surface area contributed by atoms with Crippen LogP contribution in [0.15, 0.2) is 36.5 Å². The van der Waals surface area contributed by atoms with Gasteiger partial charge < -0.3 is 14.5 Å². The standard InChI is InChI=1S/C18H23N5O3/c1-2-26-18(25)22-12-10-21(11-13-22)17(24)16-14-23(20-19-16)9-8-15-6-4-3-5-7-15/h3-7,14H,2,8-13H2,1H3. The second-order valence-electron chi connectivity index (χ2n) is 6.08. The van der Waals surface area contributed by atoms with Crippen LogP contribution >= 0.6 is 0 Å². The van der Waals surface area contributed by atoms with Gasteiger partial charge in [-0.1, -0.05) is 35.5 Å². The molecule has 0 N–H and O–H groups in total. The molecule has 1 aliphatic rings. The predicted octanol–water partition coefficient (Wildman–Crippen LogP) is 1.44. The van der Waals surface area contributed by atoms with Crippen molar-refractivity contribution in [1.82, 2.24) is 24.8 Å². The number of nitrogens with zero attached hydrogens (tertiary/aromatic N) is 5. The fraction of sp³-hybridized carbons (Fsp3) is 0.444. The summed E-state index contributed by atoms with van der Waals surface area (Å²) in [5, 5.41) is 8.05. The average Bonchev–Trinajstić information content (AvgIpc) is 3.16. The highest BCUT2D eigenvalue weighted by molar-refractivity contribution is 5.92. The third-order valence-electron chi connectivity index (χ3n) is 4.32. The monoisotopic (exact) mass is 357 g/mol. The van der Waals surface area contributed by atoms with Gasteiger partial charge in [0.2, 0.25) is 0 Å². The molecule has 0 bridgehead atoms. The molecule has 0 saturated carbocycles. The number of ether oxygens (including phenoxy) is 1. The summed E-state index contributed by atoms with van der Waals surface area (Å²) in [6, 6.07) is 10.1. The van der Waals surface area contributed by atoms with Gasteiger partial charge >= 0.3 is 6.09 Å². The molecular weight excluding hydrogens is 334 g/mol. The van der Waals surface area contributed by atoms with E-state index in [9.17, 15) is 9.59 Å². The quantitative estimate of drug-likeness (QED) is 0.809. The van der Waals surface area contributed by atoms with E-state index in [1.54, 1.807) is 27.6 Å². The lowest BCUT2D eigenvalue weighted by molar-refractivity contribution is 0.0566. The molecule has 138 valence electrons. The molecule has 1 fully saturated rings. The number of carbonyl (C=O) groups excluding carboxylic acids is 2. The predicted molar refractivity (Wildman–Crippen MR) is 94.7 cm³/mol. The van der Waals surface area contributed by atoms with E-state index in [-0.39, 0.29) is 12.0 Å². The summed E-state index contributed by atoms with van der Waals surface area (Å²) in [5.41, 5.74) is 1.55. The number of rotatable bonds is 5. The summed E-state index contributed by atoms with van der Waals surface area (Å²) in [6.07, 6.45) is 2.19. The van der Waals surface area contributed by atoms with Gasteiger partial charge in [-0.2, -0.15) is 0 Å². The zero-order chi connectivity index (χ0) is 18.4. The molecule has 0 unspecified atom stereocenters. The van der Waals surface area contributed by atoms with Gasteiger partial charge in [-0.05, 0) is 18.9 Å². The molecule has 0 spiro atoms. The fourth-order valence-electron chi connectivity index (χ4n) is 2.86. The second-order valence-corrected chi connectivity index (χ2v) is 6.08. The Bertz CT molecular complexity index is 738.